The van der Waals surface area contributed by atoms with E-state index in [4.69, 9.17) is 0 Å². The second-order valence-corrected chi connectivity index (χ2v) is 6.97. The van der Waals surface area contributed by atoms with Gasteiger partial charge in [-0.15, -0.1) is 0 Å². The van der Waals surface area contributed by atoms with Crippen LogP contribution in [0.25, 0.3) is 0 Å². The third-order valence-electron chi connectivity index (χ3n) is 2.91. The summed E-state index contributed by atoms with van der Waals surface area (Å²) < 4.78 is 0. The van der Waals surface area contributed by atoms with E-state index in [1.165, 1.54) is 23.1 Å². The zero-order chi connectivity index (χ0) is 12.3. The molecule has 0 aliphatic heterocycles. The van der Waals surface area contributed by atoms with Crippen molar-refractivity contribution < 1.29 is 0 Å². The van der Waals surface area contributed by atoms with Gasteiger partial charge in [-0.25, -0.2) is 0 Å². The monoisotopic (exact) mass is 282 g/mol. The maximum Gasteiger partial charge on any atom is 0.0197 e. The molecule has 0 N–H and O–H groups in total. The summed E-state index contributed by atoms with van der Waals surface area (Å²) in [6.07, 6.45) is 2.36. The Morgan fingerprint density at radius 3 is 2.00 bits per heavy atom. The fraction of sp³-hybridized carbons (Fsp3) is 0.600. The van der Waals surface area contributed by atoms with Crippen molar-refractivity contribution in [3.63, 3.8) is 0 Å². The van der Waals surface area contributed by atoms with Crippen molar-refractivity contribution >= 4 is 15.9 Å². The van der Waals surface area contributed by atoms with Crippen LogP contribution in [-0.2, 0) is 6.42 Å². The molecule has 0 spiro atoms. The lowest BCUT2D eigenvalue weighted by molar-refractivity contribution is 0.386. The van der Waals surface area contributed by atoms with Gasteiger partial charge in [0.2, 0.25) is 0 Å². The van der Waals surface area contributed by atoms with Crippen LogP contribution in [0.15, 0.2) is 18.2 Å². The highest BCUT2D eigenvalue weighted by Crippen LogP contribution is 2.29. The van der Waals surface area contributed by atoms with Gasteiger partial charge < -0.3 is 0 Å². The van der Waals surface area contributed by atoms with E-state index >= 15 is 0 Å². The van der Waals surface area contributed by atoms with Crippen LogP contribution in [0, 0.1) is 19.3 Å². The molecule has 1 heteroatoms. The Bertz CT molecular complexity index is 327. The number of hydrogen-bond donors (Lipinski definition) is 0. The van der Waals surface area contributed by atoms with Gasteiger partial charge in [0.15, 0.2) is 0 Å². The van der Waals surface area contributed by atoms with Gasteiger partial charge >= 0.3 is 0 Å². The van der Waals surface area contributed by atoms with Crippen molar-refractivity contribution in [2.24, 2.45) is 5.41 Å². The summed E-state index contributed by atoms with van der Waals surface area (Å²) in [6.45, 7) is 11.2. The zero-order valence-electron chi connectivity index (χ0n) is 11.1. The lowest BCUT2D eigenvalue weighted by atomic mass is 9.88. The number of halogens is 1. The molecule has 1 unspecified atom stereocenters. The molecule has 0 radical (unpaired) electrons. The molecule has 1 rings (SSSR count). The minimum atomic E-state index is 0.346. The smallest absolute Gasteiger partial charge is 0.0197 e. The fourth-order valence-electron chi connectivity index (χ4n) is 1.94. The van der Waals surface area contributed by atoms with E-state index < -0.39 is 0 Å². The second-order valence-electron chi connectivity index (χ2n) is 5.87. The molecule has 1 aromatic rings. The minimum Gasteiger partial charge on any atom is -0.0885 e. The Labute approximate surface area is 109 Å². The first-order chi connectivity index (χ1) is 7.29. The van der Waals surface area contributed by atoms with Crippen LogP contribution in [0.5, 0.6) is 0 Å². The van der Waals surface area contributed by atoms with Crippen molar-refractivity contribution in [1.82, 2.24) is 0 Å². The van der Waals surface area contributed by atoms with Gasteiger partial charge in [0, 0.05) is 4.83 Å². The maximum absolute atomic E-state index is 3.79. The average molecular weight is 283 g/mol. The van der Waals surface area contributed by atoms with E-state index in [9.17, 15) is 0 Å². The van der Waals surface area contributed by atoms with Crippen LogP contribution in [0.1, 0.15) is 43.9 Å². The Morgan fingerprint density at radius 1 is 1.06 bits per heavy atom. The van der Waals surface area contributed by atoms with Gasteiger partial charge in [0.1, 0.15) is 0 Å². The van der Waals surface area contributed by atoms with Crippen LogP contribution in [0.2, 0.25) is 0 Å². The summed E-state index contributed by atoms with van der Waals surface area (Å²) >= 11 is 3.79. The summed E-state index contributed by atoms with van der Waals surface area (Å²) in [5.41, 5.74) is 4.55. The van der Waals surface area contributed by atoms with Crippen molar-refractivity contribution in [2.75, 3.05) is 0 Å². The molecule has 0 saturated heterocycles. The first kappa shape index (κ1) is 13.8. The molecule has 1 aromatic carbocycles. The lowest BCUT2D eigenvalue weighted by Crippen LogP contribution is -2.20. The third kappa shape index (κ3) is 4.29. The van der Waals surface area contributed by atoms with Gasteiger partial charge in [-0.2, -0.15) is 0 Å². The molecule has 0 aliphatic rings. The van der Waals surface area contributed by atoms with Gasteiger partial charge in [0.05, 0.1) is 0 Å². The Balaban J connectivity index is 2.61. The second kappa shape index (κ2) is 5.35. The first-order valence-electron chi connectivity index (χ1n) is 6.00. The highest BCUT2D eigenvalue weighted by atomic mass is 79.9. The lowest BCUT2D eigenvalue weighted by Gasteiger charge is -2.25. The maximum atomic E-state index is 3.79. The van der Waals surface area contributed by atoms with Crippen LogP contribution >= 0.6 is 15.9 Å². The molecule has 0 aromatic heterocycles. The predicted octanol–water partition coefficient (Wildman–Crippen LogP) is 5.05. The molecule has 0 amide bonds. The molecule has 0 nitrogen and oxygen atoms in total. The van der Waals surface area contributed by atoms with Gasteiger partial charge in [0.25, 0.3) is 0 Å². The molecule has 90 valence electrons. The quantitative estimate of drug-likeness (QED) is 0.681. The Kier molecular flexibility index (Phi) is 4.61. The van der Waals surface area contributed by atoms with Crippen LogP contribution in [0.4, 0.5) is 0 Å². The number of rotatable bonds is 3. The van der Waals surface area contributed by atoms with E-state index in [2.05, 4.69) is 68.7 Å². The van der Waals surface area contributed by atoms with E-state index in [0.29, 0.717) is 10.2 Å². The van der Waals surface area contributed by atoms with Crippen molar-refractivity contribution in [2.45, 2.75) is 52.3 Å². The standard InChI is InChI=1S/C15H23Br/c1-11-8-12(2)10-13(9-11)6-7-14(16)15(3,4)5/h8-10,14H,6-7H2,1-5H3. The summed E-state index contributed by atoms with van der Waals surface area (Å²) in [5, 5.41) is 0. The SMILES string of the molecule is Cc1cc(C)cc(CCC(Br)C(C)(C)C)c1. The number of benzene rings is 1. The molecule has 0 bridgehead atoms. The molecule has 0 aliphatic carbocycles. The van der Waals surface area contributed by atoms with Gasteiger partial charge in [-0.05, 0) is 37.7 Å². The summed E-state index contributed by atoms with van der Waals surface area (Å²) in [7, 11) is 0. The molecular formula is C15H23Br. The summed E-state index contributed by atoms with van der Waals surface area (Å²) in [5.74, 6) is 0. The van der Waals surface area contributed by atoms with Crippen LogP contribution in [0.3, 0.4) is 0 Å². The highest BCUT2D eigenvalue weighted by Gasteiger charge is 2.21. The molecule has 0 heterocycles. The summed E-state index contributed by atoms with van der Waals surface area (Å²) in [4.78, 5) is 0.584. The molecule has 16 heavy (non-hydrogen) atoms. The molecular weight excluding hydrogens is 260 g/mol. The topological polar surface area (TPSA) is 0 Å². The minimum absolute atomic E-state index is 0.346. The normalized spacial score (nSPS) is 13.9. The highest BCUT2D eigenvalue weighted by molar-refractivity contribution is 9.09. The van der Waals surface area contributed by atoms with Crippen molar-refractivity contribution in [3.8, 4) is 0 Å². The molecule has 0 saturated carbocycles. The largest absolute Gasteiger partial charge is 0.0885 e. The predicted molar refractivity (Wildman–Crippen MR) is 76.4 cm³/mol. The number of aryl methyl sites for hydroxylation is 3. The number of alkyl halides is 1. The van der Waals surface area contributed by atoms with E-state index in [0.717, 1.165) is 6.42 Å². The Hall–Kier alpha value is -0.300. The van der Waals surface area contributed by atoms with Crippen LogP contribution < -0.4 is 0 Å². The van der Waals surface area contributed by atoms with E-state index in [1.54, 1.807) is 0 Å². The van der Waals surface area contributed by atoms with E-state index in [1.807, 2.05) is 0 Å². The van der Waals surface area contributed by atoms with E-state index in [-0.39, 0.29) is 0 Å². The third-order valence-corrected chi connectivity index (χ3v) is 4.74. The number of hydrogen-bond acceptors (Lipinski definition) is 0. The van der Waals surface area contributed by atoms with Gasteiger partial charge in [-0.1, -0.05) is 66.0 Å². The molecule has 1 atom stereocenters. The first-order valence-corrected chi connectivity index (χ1v) is 6.92. The Morgan fingerprint density at radius 2 is 1.56 bits per heavy atom. The average Bonchev–Trinajstić information content (AvgIpc) is 2.11. The zero-order valence-corrected chi connectivity index (χ0v) is 12.7. The van der Waals surface area contributed by atoms with Crippen molar-refractivity contribution in [1.29, 1.82) is 0 Å². The fourth-order valence-corrected chi connectivity index (χ4v) is 2.17. The van der Waals surface area contributed by atoms with Gasteiger partial charge in [-0.3, -0.25) is 0 Å². The van der Waals surface area contributed by atoms with Crippen molar-refractivity contribution in [3.05, 3.63) is 34.9 Å². The summed E-state index contributed by atoms with van der Waals surface area (Å²) in [6, 6.07) is 6.84. The molecule has 0 fully saturated rings. The van der Waals surface area contributed by atoms with Crippen LogP contribution in [-0.4, -0.2) is 4.83 Å².